The van der Waals surface area contributed by atoms with Crippen molar-refractivity contribution in [1.29, 1.82) is 0 Å². The van der Waals surface area contributed by atoms with Gasteiger partial charge in [-0.1, -0.05) is 37.6 Å². The molecule has 1 aromatic carbocycles. The second-order valence-electron chi connectivity index (χ2n) is 11.5. The second-order valence-corrected chi connectivity index (χ2v) is 11.5. The van der Waals surface area contributed by atoms with Crippen molar-refractivity contribution in [1.82, 2.24) is 5.32 Å². The fourth-order valence-corrected chi connectivity index (χ4v) is 7.99. The van der Waals surface area contributed by atoms with Gasteiger partial charge in [0.15, 0.2) is 17.1 Å². The molecular formula is C28H33F2NO4. The first-order chi connectivity index (χ1) is 16.4. The minimum absolute atomic E-state index is 0.0520. The molecule has 0 spiro atoms. The Bertz CT molecular complexity index is 1150. The standard InChI is InChI=1S/C28H33F2NO4/c1-16-11-22-21-8-7-18-13-20(32)9-10-25(18,2)27(21,30)23(33)14-26(22,3)28(16,35)24(34)31-15-17-5-4-6-19(29)12-17/h4-6,9-10,12-13,16,21-23,33,35H,7-8,11,14-15H2,1-3H3,(H,31,34)/t16-,21+,22+,23+,25+,26+,27+,28+/m1/s1. The average molecular weight is 486 g/mol. The Morgan fingerprint density at radius 3 is 2.71 bits per heavy atom. The summed E-state index contributed by atoms with van der Waals surface area (Å²) in [6, 6.07) is 5.89. The van der Waals surface area contributed by atoms with Crippen LogP contribution in [-0.2, 0) is 16.1 Å². The Morgan fingerprint density at radius 1 is 1.26 bits per heavy atom. The molecule has 0 bridgehead atoms. The first kappa shape index (κ1) is 24.3. The molecule has 4 aliphatic carbocycles. The van der Waals surface area contributed by atoms with Crippen molar-refractivity contribution in [2.24, 2.45) is 28.6 Å². The molecule has 1 aromatic rings. The lowest BCUT2D eigenvalue weighted by atomic mass is 9.44. The molecule has 3 saturated carbocycles. The van der Waals surface area contributed by atoms with Crippen LogP contribution in [0.25, 0.3) is 0 Å². The summed E-state index contributed by atoms with van der Waals surface area (Å²) in [6.07, 6.45) is 4.37. The number of fused-ring (bicyclic) bond motifs is 5. The quantitative estimate of drug-likeness (QED) is 0.608. The molecule has 4 aliphatic rings. The van der Waals surface area contributed by atoms with E-state index in [9.17, 15) is 24.2 Å². The molecule has 8 atom stereocenters. The topological polar surface area (TPSA) is 86.6 Å². The highest BCUT2D eigenvalue weighted by molar-refractivity contribution is 6.01. The molecule has 3 N–H and O–H groups in total. The van der Waals surface area contributed by atoms with Crippen LogP contribution in [0.3, 0.4) is 0 Å². The fourth-order valence-electron chi connectivity index (χ4n) is 7.99. The van der Waals surface area contributed by atoms with E-state index in [1.807, 2.05) is 0 Å². The van der Waals surface area contributed by atoms with Gasteiger partial charge in [-0.05, 0) is 74.3 Å². The number of aliphatic hydroxyl groups excluding tert-OH is 1. The van der Waals surface area contributed by atoms with Gasteiger partial charge in [-0.3, -0.25) is 9.59 Å². The van der Waals surface area contributed by atoms with Crippen LogP contribution in [0.15, 0.2) is 48.1 Å². The van der Waals surface area contributed by atoms with Crippen LogP contribution in [0.2, 0.25) is 0 Å². The molecule has 0 aromatic heterocycles. The zero-order valence-corrected chi connectivity index (χ0v) is 20.4. The second kappa shape index (κ2) is 7.81. The number of rotatable bonds is 3. The fraction of sp³-hybridized carbons (Fsp3) is 0.571. The molecular weight excluding hydrogens is 452 g/mol. The number of ketones is 1. The molecule has 0 aliphatic heterocycles. The molecule has 1 amide bonds. The summed E-state index contributed by atoms with van der Waals surface area (Å²) in [6.45, 7) is 5.39. The number of alkyl halides is 1. The maximum atomic E-state index is 17.2. The van der Waals surface area contributed by atoms with E-state index in [2.05, 4.69) is 5.32 Å². The molecule has 188 valence electrons. The van der Waals surface area contributed by atoms with E-state index >= 15 is 4.39 Å². The lowest BCUT2D eigenvalue weighted by Gasteiger charge is -2.62. The van der Waals surface area contributed by atoms with E-state index in [-0.39, 0.29) is 24.7 Å². The monoisotopic (exact) mass is 485 g/mol. The predicted molar refractivity (Wildman–Crippen MR) is 126 cm³/mol. The summed E-state index contributed by atoms with van der Waals surface area (Å²) >= 11 is 0. The predicted octanol–water partition coefficient (Wildman–Crippen LogP) is 3.79. The minimum Gasteiger partial charge on any atom is -0.390 e. The molecule has 5 nitrogen and oxygen atoms in total. The van der Waals surface area contributed by atoms with Gasteiger partial charge in [-0.25, -0.2) is 8.78 Å². The van der Waals surface area contributed by atoms with Gasteiger partial charge in [0.2, 0.25) is 0 Å². The van der Waals surface area contributed by atoms with Gasteiger partial charge in [-0.15, -0.1) is 0 Å². The molecule has 0 unspecified atom stereocenters. The number of hydrogen-bond acceptors (Lipinski definition) is 4. The van der Waals surface area contributed by atoms with Crippen LogP contribution < -0.4 is 5.32 Å². The number of amides is 1. The third-order valence-electron chi connectivity index (χ3n) is 9.91. The van der Waals surface area contributed by atoms with Crippen molar-refractivity contribution in [3.8, 4) is 0 Å². The Balaban J connectivity index is 1.47. The summed E-state index contributed by atoms with van der Waals surface area (Å²) in [5.41, 5.74) is -4.73. The van der Waals surface area contributed by atoms with Crippen molar-refractivity contribution >= 4 is 11.7 Å². The number of nitrogens with one attached hydrogen (secondary N) is 1. The Kier molecular flexibility index (Phi) is 5.43. The maximum Gasteiger partial charge on any atom is 0.253 e. The highest BCUT2D eigenvalue weighted by Crippen LogP contribution is 2.70. The lowest BCUT2D eigenvalue weighted by molar-refractivity contribution is -0.219. The van der Waals surface area contributed by atoms with Crippen molar-refractivity contribution in [2.45, 2.75) is 70.4 Å². The Morgan fingerprint density at radius 2 is 2.00 bits per heavy atom. The molecule has 35 heavy (non-hydrogen) atoms. The summed E-state index contributed by atoms with van der Waals surface area (Å²) in [5.74, 6) is -2.54. The number of carbonyl (C=O) groups excluding carboxylic acids is 2. The zero-order chi connectivity index (χ0) is 25.4. The largest absolute Gasteiger partial charge is 0.390 e. The molecule has 0 saturated heterocycles. The minimum atomic E-state index is -2.01. The summed E-state index contributed by atoms with van der Waals surface area (Å²) < 4.78 is 30.7. The average Bonchev–Trinajstić information content (AvgIpc) is 3.00. The number of hydrogen-bond donors (Lipinski definition) is 3. The molecule has 7 heteroatoms. The third-order valence-corrected chi connectivity index (χ3v) is 9.91. The molecule has 5 rings (SSSR count). The van der Waals surface area contributed by atoms with Crippen LogP contribution in [0.1, 0.15) is 52.0 Å². The number of carbonyl (C=O) groups is 2. The van der Waals surface area contributed by atoms with Crippen molar-refractivity contribution in [3.63, 3.8) is 0 Å². The number of allylic oxidation sites excluding steroid dienone is 4. The van der Waals surface area contributed by atoms with E-state index in [1.54, 1.807) is 39.0 Å². The highest BCUT2D eigenvalue weighted by Gasteiger charge is 2.75. The number of benzene rings is 1. The molecule has 3 fully saturated rings. The Hall–Kier alpha value is -2.38. The SMILES string of the molecule is C[C@@H]1C[C@H]2[C@@H]3CCC4=CC(=O)C=C[C@]4(C)[C@@]3(F)[C@@H](O)C[C@]2(C)[C@@]1(O)C(=O)NCc1cccc(F)c1. The zero-order valence-electron chi connectivity index (χ0n) is 20.4. The van der Waals surface area contributed by atoms with Crippen molar-refractivity contribution < 1.29 is 28.6 Å². The van der Waals surface area contributed by atoms with E-state index in [1.165, 1.54) is 24.3 Å². The normalized spacial score (nSPS) is 44.2. The number of aliphatic hydroxyl groups is 2. The third kappa shape index (κ3) is 3.10. The van der Waals surface area contributed by atoms with Gasteiger partial charge in [-0.2, -0.15) is 0 Å². The van der Waals surface area contributed by atoms with Crippen LogP contribution in [-0.4, -0.2) is 39.3 Å². The first-order valence-electron chi connectivity index (χ1n) is 12.4. The van der Waals surface area contributed by atoms with E-state index < -0.39 is 51.8 Å². The Labute approximate surface area is 204 Å². The lowest BCUT2D eigenvalue weighted by Crippen LogP contribution is -2.70. The van der Waals surface area contributed by atoms with Gasteiger partial charge in [0.25, 0.3) is 5.91 Å². The van der Waals surface area contributed by atoms with E-state index in [0.717, 1.165) is 0 Å². The van der Waals surface area contributed by atoms with Crippen LogP contribution >= 0.6 is 0 Å². The molecule has 0 radical (unpaired) electrons. The van der Waals surface area contributed by atoms with Gasteiger partial charge < -0.3 is 15.5 Å². The maximum absolute atomic E-state index is 17.2. The van der Waals surface area contributed by atoms with Gasteiger partial charge in [0.05, 0.1) is 6.10 Å². The van der Waals surface area contributed by atoms with E-state index in [0.29, 0.717) is 30.4 Å². The van der Waals surface area contributed by atoms with Crippen LogP contribution in [0, 0.1) is 34.4 Å². The number of halogens is 2. The first-order valence-corrected chi connectivity index (χ1v) is 12.4. The van der Waals surface area contributed by atoms with Gasteiger partial charge in [0.1, 0.15) is 5.82 Å². The van der Waals surface area contributed by atoms with Crippen molar-refractivity contribution in [2.75, 3.05) is 0 Å². The van der Waals surface area contributed by atoms with E-state index in [4.69, 9.17) is 0 Å². The van der Waals surface area contributed by atoms with Gasteiger partial charge in [0, 0.05) is 23.3 Å². The summed E-state index contributed by atoms with van der Waals surface area (Å²) in [4.78, 5) is 25.5. The molecule has 0 heterocycles. The smallest absolute Gasteiger partial charge is 0.253 e. The van der Waals surface area contributed by atoms with Crippen molar-refractivity contribution in [3.05, 3.63) is 59.4 Å². The van der Waals surface area contributed by atoms with Crippen LogP contribution in [0.5, 0.6) is 0 Å². The summed E-state index contributed by atoms with van der Waals surface area (Å²) in [7, 11) is 0. The van der Waals surface area contributed by atoms with Gasteiger partial charge >= 0.3 is 0 Å². The van der Waals surface area contributed by atoms with Crippen LogP contribution in [0.4, 0.5) is 8.78 Å². The highest BCUT2D eigenvalue weighted by atomic mass is 19.1. The summed E-state index contributed by atoms with van der Waals surface area (Å²) in [5, 5.41) is 26.1.